The van der Waals surface area contributed by atoms with Crippen molar-refractivity contribution in [1.82, 2.24) is 10.2 Å². The van der Waals surface area contributed by atoms with E-state index in [9.17, 15) is 18.8 Å². The van der Waals surface area contributed by atoms with Crippen molar-refractivity contribution in [3.63, 3.8) is 0 Å². The Labute approximate surface area is 186 Å². The van der Waals surface area contributed by atoms with Crippen LogP contribution in [0, 0.1) is 5.82 Å². The van der Waals surface area contributed by atoms with E-state index in [2.05, 4.69) is 10.6 Å². The van der Waals surface area contributed by atoms with E-state index in [1.165, 1.54) is 32.2 Å². The lowest BCUT2D eigenvalue weighted by Crippen LogP contribution is -2.64. The van der Waals surface area contributed by atoms with Crippen LogP contribution in [-0.2, 0) is 19.1 Å². The van der Waals surface area contributed by atoms with E-state index in [0.717, 1.165) is 4.90 Å². The normalized spacial score (nSPS) is 20.8. The molecule has 2 aliphatic heterocycles. The van der Waals surface area contributed by atoms with Gasteiger partial charge in [-0.25, -0.2) is 9.18 Å². The number of nitrogens with one attached hydrogen (secondary N) is 2. The quantitative estimate of drug-likeness (QED) is 0.731. The lowest BCUT2D eigenvalue weighted by atomic mass is 9.85. The molecule has 32 heavy (non-hydrogen) atoms. The summed E-state index contributed by atoms with van der Waals surface area (Å²) >= 11 is 0. The van der Waals surface area contributed by atoms with E-state index in [1.807, 2.05) is 0 Å². The second kappa shape index (κ2) is 8.93. The molecule has 0 unspecified atom stereocenters. The van der Waals surface area contributed by atoms with Gasteiger partial charge >= 0.3 is 6.09 Å². The fraction of sp³-hybridized carbons (Fsp3) is 0.591. The second-order valence-electron chi connectivity index (χ2n) is 9.09. The summed E-state index contributed by atoms with van der Waals surface area (Å²) in [4.78, 5) is 39.7. The number of hydrogen-bond donors (Lipinski definition) is 2. The largest absolute Gasteiger partial charge is 0.479 e. The van der Waals surface area contributed by atoms with Crippen LogP contribution < -0.4 is 15.4 Å². The summed E-state index contributed by atoms with van der Waals surface area (Å²) in [5.74, 6) is -1.78. The number of likely N-dealkylation sites (N-methyl/N-ethyl adjacent to an activating group) is 1. The van der Waals surface area contributed by atoms with Gasteiger partial charge in [-0.1, -0.05) is 6.07 Å². The highest BCUT2D eigenvalue weighted by atomic mass is 19.1. The van der Waals surface area contributed by atoms with Crippen LogP contribution in [0.2, 0.25) is 0 Å². The van der Waals surface area contributed by atoms with E-state index in [-0.39, 0.29) is 37.5 Å². The molecule has 0 bridgehead atoms. The van der Waals surface area contributed by atoms with E-state index in [1.54, 1.807) is 20.8 Å². The molecule has 3 rings (SSSR count). The maximum atomic E-state index is 14.5. The maximum Gasteiger partial charge on any atom is 0.410 e. The smallest absolute Gasteiger partial charge is 0.410 e. The number of benzene rings is 1. The Morgan fingerprint density at radius 1 is 1.31 bits per heavy atom. The van der Waals surface area contributed by atoms with Gasteiger partial charge in [0, 0.05) is 19.9 Å². The summed E-state index contributed by atoms with van der Waals surface area (Å²) in [7, 11) is 1.44. The number of amides is 3. The highest BCUT2D eigenvalue weighted by molar-refractivity contribution is 6.00. The molecule has 0 saturated carbocycles. The molecule has 1 spiro atoms. The number of anilines is 1. The average molecular weight is 451 g/mol. The summed E-state index contributed by atoms with van der Waals surface area (Å²) in [5, 5.41) is 5.37. The van der Waals surface area contributed by atoms with Crippen LogP contribution in [0.5, 0.6) is 5.75 Å². The highest BCUT2D eigenvalue weighted by Crippen LogP contribution is 2.39. The number of fused-ring (bicyclic) bond motifs is 1. The predicted molar refractivity (Wildman–Crippen MR) is 114 cm³/mol. The van der Waals surface area contributed by atoms with Gasteiger partial charge in [0.1, 0.15) is 23.3 Å². The van der Waals surface area contributed by atoms with Crippen LogP contribution in [-0.4, -0.2) is 66.4 Å². The molecule has 0 radical (unpaired) electrons. The summed E-state index contributed by atoms with van der Waals surface area (Å²) in [6, 6.07) is 2.18. The molecule has 2 N–H and O–H groups in total. The van der Waals surface area contributed by atoms with E-state index >= 15 is 0 Å². The monoisotopic (exact) mass is 451 g/mol. The molecule has 2 heterocycles. The number of halogens is 1. The van der Waals surface area contributed by atoms with Crippen molar-refractivity contribution < 1.29 is 33.0 Å². The molecule has 1 fully saturated rings. The molecule has 0 aromatic heterocycles. The van der Waals surface area contributed by atoms with Crippen LogP contribution >= 0.6 is 0 Å². The summed E-state index contributed by atoms with van der Waals surface area (Å²) in [6.45, 7) is 7.28. The highest BCUT2D eigenvalue weighted by Gasteiger charge is 2.50. The molecule has 2 atom stereocenters. The SMILES string of the molecule is C[C@@H](C(=O)N[C@H]1C(=O)Nc2cccc(F)c2OC12CCOCC2)N(C)C(=O)OC(C)(C)C. The average Bonchev–Trinajstić information content (AvgIpc) is 2.82. The lowest BCUT2D eigenvalue weighted by molar-refractivity contribution is -0.138. The van der Waals surface area contributed by atoms with E-state index in [4.69, 9.17) is 14.2 Å². The number of carbonyl (C=O) groups is 3. The molecule has 2 aliphatic rings. The van der Waals surface area contributed by atoms with E-state index in [0.29, 0.717) is 0 Å². The van der Waals surface area contributed by atoms with Gasteiger partial charge in [-0.15, -0.1) is 0 Å². The topological polar surface area (TPSA) is 106 Å². The van der Waals surface area contributed by atoms with Gasteiger partial charge in [0.25, 0.3) is 5.91 Å². The van der Waals surface area contributed by atoms with Crippen molar-refractivity contribution in [1.29, 1.82) is 0 Å². The third kappa shape index (κ3) is 4.95. The standard InChI is InChI=1S/C22H30FN3O6/c1-13(26(5)20(29)32-21(2,3)4)18(27)25-17-19(28)24-15-8-6-7-14(23)16(15)31-22(17)9-11-30-12-10-22/h6-8,13,17H,9-12H2,1-5H3,(H,24,28)(H,25,27)/t13-,17-/m0/s1. The van der Waals surface area contributed by atoms with Crippen LogP contribution in [0.1, 0.15) is 40.5 Å². The lowest BCUT2D eigenvalue weighted by Gasteiger charge is -2.41. The first-order valence-electron chi connectivity index (χ1n) is 10.6. The van der Waals surface area contributed by atoms with Crippen molar-refractivity contribution in [3.05, 3.63) is 24.0 Å². The van der Waals surface area contributed by atoms with Gasteiger partial charge in [-0.2, -0.15) is 0 Å². The van der Waals surface area contributed by atoms with Crippen LogP contribution in [0.25, 0.3) is 0 Å². The van der Waals surface area contributed by atoms with Gasteiger partial charge in [-0.05, 0) is 39.8 Å². The maximum absolute atomic E-state index is 14.5. The fourth-order valence-electron chi connectivity index (χ4n) is 3.65. The molecule has 1 aromatic rings. The molecular formula is C22H30FN3O6. The third-order valence-corrected chi connectivity index (χ3v) is 5.59. The zero-order valence-corrected chi connectivity index (χ0v) is 19.0. The zero-order valence-electron chi connectivity index (χ0n) is 19.0. The minimum atomic E-state index is -1.20. The van der Waals surface area contributed by atoms with Crippen molar-refractivity contribution in [2.24, 2.45) is 0 Å². The first kappa shape index (κ1) is 23.8. The Morgan fingerprint density at radius 2 is 1.97 bits per heavy atom. The van der Waals surface area contributed by atoms with Crippen molar-refractivity contribution >= 4 is 23.6 Å². The number of rotatable bonds is 3. The van der Waals surface area contributed by atoms with Crippen molar-refractivity contribution in [2.75, 3.05) is 25.6 Å². The number of hydrogen-bond acceptors (Lipinski definition) is 6. The van der Waals surface area contributed by atoms with Crippen LogP contribution in [0.15, 0.2) is 18.2 Å². The molecule has 9 nitrogen and oxygen atoms in total. The van der Waals surface area contributed by atoms with Gasteiger partial charge in [0.05, 0.1) is 18.9 Å². The zero-order chi connectivity index (χ0) is 23.7. The Hall–Kier alpha value is -2.88. The summed E-state index contributed by atoms with van der Waals surface area (Å²) < 4.78 is 31.3. The van der Waals surface area contributed by atoms with Crippen LogP contribution in [0.4, 0.5) is 14.9 Å². The number of ether oxygens (including phenoxy) is 3. The Balaban J connectivity index is 1.85. The second-order valence-corrected chi connectivity index (χ2v) is 9.09. The fourth-order valence-corrected chi connectivity index (χ4v) is 3.65. The van der Waals surface area contributed by atoms with E-state index < -0.39 is 47.0 Å². The minimum absolute atomic E-state index is 0.0709. The molecular weight excluding hydrogens is 421 g/mol. The van der Waals surface area contributed by atoms with Gasteiger partial charge in [0.2, 0.25) is 5.91 Å². The number of para-hydroxylation sites is 1. The molecule has 1 saturated heterocycles. The molecule has 176 valence electrons. The molecule has 3 amide bonds. The van der Waals surface area contributed by atoms with Gasteiger partial charge in [0.15, 0.2) is 11.6 Å². The Bertz CT molecular complexity index is 894. The van der Waals surface area contributed by atoms with Crippen molar-refractivity contribution in [3.8, 4) is 5.75 Å². The molecule has 10 heteroatoms. The van der Waals surface area contributed by atoms with Crippen molar-refractivity contribution in [2.45, 2.75) is 63.8 Å². The Morgan fingerprint density at radius 3 is 2.59 bits per heavy atom. The summed E-state index contributed by atoms with van der Waals surface area (Å²) in [6.07, 6.45) is -0.123. The number of nitrogens with zero attached hydrogens (tertiary/aromatic N) is 1. The Kier molecular flexibility index (Phi) is 6.64. The third-order valence-electron chi connectivity index (χ3n) is 5.59. The minimum Gasteiger partial charge on any atom is -0.479 e. The van der Waals surface area contributed by atoms with Gasteiger partial charge < -0.3 is 24.8 Å². The number of carbonyl (C=O) groups excluding carboxylic acids is 3. The molecule has 0 aliphatic carbocycles. The van der Waals surface area contributed by atoms with Gasteiger partial charge in [-0.3, -0.25) is 14.5 Å². The van der Waals surface area contributed by atoms with Crippen LogP contribution in [0.3, 0.4) is 0 Å². The predicted octanol–water partition coefficient (Wildman–Crippen LogP) is 2.45. The molecule has 1 aromatic carbocycles. The first-order chi connectivity index (χ1) is 14.9. The first-order valence-corrected chi connectivity index (χ1v) is 10.6. The summed E-state index contributed by atoms with van der Waals surface area (Å²) in [5.41, 5.74) is -1.73.